The summed E-state index contributed by atoms with van der Waals surface area (Å²) in [5, 5.41) is 12.1. The SMILES string of the molecule is COc1ccc(Br)cc1CNC(C)CCO. The van der Waals surface area contributed by atoms with Crippen molar-refractivity contribution in [3.8, 4) is 5.75 Å². The van der Waals surface area contributed by atoms with Gasteiger partial charge in [0, 0.05) is 29.2 Å². The number of aliphatic hydroxyl groups excluding tert-OH is 1. The zero-order valence-electron chi connectivity index (χ0n) is 9.66. The molecule has 0 bridgehead atoms. The number of methoxy groups -OCH3 is 1. The Morgan fingerprint density at radius 2 is 2.25 bits per heavy atom. The van der Waals surface area contributed by atoms with Crippen LogP contribution in [0.5, 0.6) is 5.75 Å². The fourth-order valence-corrected chi connectivity index (χ4v) is 1.87. The van der Waals surface area contributed by atoms with Crippen LogP contribution in [-0.2, 0) is 6.54 Å². The maximum Gasteiger partial charge on any atom is 0.123 e. The molecule has 3 nitrogen and oxygen atoms in total. The molecule has 0 saturated carbocycles. The molecule has 0 fully saturated rings. The Bertz CT molecular complexity index is 331. The molecule has 0 aromatic heterocycles. The van der Waals surface area contributed by atoms with Crippen LogP contribution in [0.3, 0.4) is 0 Å². The van der Waals surface area contributed by atoms with Gasteiger partial charge in [-0.15, -0.1) is 0 Å². The highest BCUT2D eigenvalue weighted by Gasteiger charge is 2.05. The van der Waals surface area contributed by atoms with Crippen molar-refractivity contribution in [3.05, 3.63) is 28.2 Å². The van der Waals surface area contributed by atoms with Crippen molar-refractivity contribution in [2.75, 3.05) is 13.7 Å². The first-order chi connectivity index (χ1) is 7.67. The molecule has 0 aliphatic heterocycles. The predicted molar refractivity (Wildman–Crippen MR) is 68.7 cm³/mol. The Kier molecular flexibility index (Phi) is 5.80. The van der Waals surface area contributed by atoms with Gasteiger partial charge in [-0.1, -0.05) is 15.9 Å². The number of halogens is 1. The van der Waals surface area contributed by atoms with Gasteiger partial charge in [-0.05, 0) is 31.5 Å². The lowest BCUT2D eigenvalue weighted by Gasteiger charge is -2.14. The van der Waals surface area contributed by atoms with Gasteiger partial charge in [0.1, 0.15) is 5.75 Å². The quantitative estimate of drug-likeness (QED) is 0.844. The third-order valence-electron chi connectivity index (χ3n) is 2.45. The summed E-state index contributed by atoms with van der Waals surface area (Å²) in [7, 11) is 1.67. The molecule has 0 aliphatic carbocycles. The Morgan fingerprint density at radius 3 is 2.88 bits per heavy atom. The van der Waals surface area contributed by atoms with E-state index in [4.69, 9.17) is 9.84 Å². The molecule has 0 saturated heterocycles. The van der Waals surface area contributed by atoms with Crippen molar-refractivity contribution in [3.63, 3.8) is 0 Å². The van der Waals surface area contributed by atoms with E-state index in [1.807, 2.05) is 18.2 Å². The number of aliphatic hydroxyl groups is 1. The van der Waals surface area contributed by atoms with Crippen LogP contribution in [0.25, 0.3) is 0 Å². The Labute approximate surface area is 105 Å². The Hall–Kier alpha value is -0.580. The molecule has 1 atom stereocenters. The van der Waals surface area contributed by atoms with Crippen molar-refractivity contribution in [1.29, 1.82) is 0 Å². The third-order valence-corrected chi connectivity index (χ3v) is 2.94. The minimum Gasteiger partial charge on any atom is -0.496 e. The van der Waals surface area contributed by atoms with E-state index in [0.29, 0.717) is 6.04 Å². The second-order valence-electron chi connectivity index (χ2n) is 3.75. The van der Waals surface area contributed by atoms with E-state index in [9.17, 15) is 0 Å². The summed E-state index contributed by atoms with van der Waals surface area (Å²) in [6, 6.07) is 6.24. The normalized spacial score (nSPS) is 12.5. The molecule has 0 spiro atoms. The van der Waals surface area contributed by atoms with Crippen molar-refractivity contribution < 1.29 is 9.84 Å². The van der Waals surface area contributed by atoms with Gasteiger partial charge in [-0.3, -0.25) is 0 Å². The lowest BCUT2D eigenvalue weighted by molar-refractivity contribution is 0.268. The summed E-state index contributed by atoms with van der Waals surface area (Å²) in [5.74, 6) is 0.881. The van der Waals surface area contributed by atoms with Crippen LogP contribution < -0.4 is 10.1 Å². The van der Waals surface area contributed by atoms with E-state index in [-0.39, 0.29) is 6.61 Å². The Morgan fingerprint density at radius 1 is 1.50 bits per heavy atom. The van der Waals surface area contributed by atoms with Gasteiger partial charge >= 0.3 is 0 Å². The van der Waals surface area contributed by atoms with Crippen LogP contribution in [0.2, 0.25) is 0 Å². The van der Waals surface area contributed by atoms with Crippen molar-refractivity contribution in [2.24, 2.45) is 0 Å². The van der Waals surface area contributed by atoms with Crippen LogP contribution in [0, 0.1) is 0 Å². The third kappa shape index (κ3) is 4.12. The summed E-state index contributed by atoms with van der Waals surface area (Å²) in [5.41, 5.74) is 1.11. The van der Waals surface area contributed by atoms with E-state index in [1.54, 1.807) is 7.11 Å². The molecule has 0 amide bonds. The maximum absolute atomic E-state index is 8.81. The summed E-state index contributed by atoms with van der Waals surface area (Å²) in [6.07, 6.45) is 0.760. The molecule has 1 aromatic rings. The summed E-state index contributed by atoms with van der Waals surface area (Å²) in [4.78, 5) is 0. The zero-order chi connectivity index (χ0) is 12.0. The number of hydrogen-bond acceptors (Lipinski definition) is 3. The molecule has 2 N–H and O–H groups in total. The van der Waals surface area contributed by atoms with E-state index >= 15 is 0 Å². The summed E-state index contributed by atoms with van der Waals surface area (Å²) < 4.78 is 6.32. The minimum atomic E-state index is 0.212. The number of rotatable bonds is 6. The topological polar surface area (TPSA) is 41.5 Å². The molecular weight excluding hydrogens is 270 g/mol. The number of ether oxygens (including phenoxy) is 1. The number of benzene rings is 1. The highest BCUT2D eigenvalue weighted by atomic mass is 79.9. The van der Waals surface area contributed by atoms with Crippen LogP contribution in [0.15, 0.2) is 22.7 Å². The van der Waals surface area contributed by atoms with Crippen LogP contribution >= 0.6 is 15.9 Å². The zero-order valence-corrected chi connectivity index (χ0v) is 11.3. The molecule has 1 rings (SSSR count). The molecule has 1 unspecified atom stereocenters. The molecule has 16 heavy (non-hydrogen) atoms. The van der Waals surface area contributed by atoms with Crippen LogP contribution in [0.1, 0.15) is 18.9 Å². The fraction of sp³-hybridized carbons (Fsp3) is 0.500. The highest BCUT2D eigenvalue weighted by molar-refractivity contribution is 9.10. The first-order valence-corrected chi connectivity index (χ1v) is 6.13. The average Bonchev–Trinajstić information content (AvgIpc) is 2.27. The first kappa shape index (κ1) is 13.5. The molecule has 0 aliphatic rings. The van der Waals surface area contributed by atoms with E-state index in [2.05, 4.69) is 28.2 Å². The van der Waals surface area contributed by atoms with Crippen molar-refractivity contribution in [2.45, 2.75) is 25.9 Å². The van der Waals surface area contributed by atoms with E-state index in [0.717, 1.165) is 28.8 Å². The van der Waals surface area contributed by atoms with Gasteiger partial charge in [0.05, 0.1) is 7.11 Å². The first-order valence-electron chi connectivity index (χ1n) is 5.34. The van der Waals surface area contributed by atoms with Gasteiger partial charge < -0.3 is 15.2 Å². The predicted octanol–water partition coefficient (Wildman–Crippen LogP) is 2.32. The lowest BCUT2D eigenvalue weighted by atomic mass is 10.1. The van der Waals surface area contributed by atoms with Crippen LogP contribution in [-0.4, -0.2) is 24.9 Å². The second kappa shape index (κ2) is 6.89. The van der Waals surface area contributed by atoms with Gasteiger partial charge in [-0.2, -0.15) is 0 Å². The number of nitrogens with one attached hydrogen (secondary N) is 1. The van der Waals surface area contributed by atoms with E-state index in [1.165, 1.54) is 0 Å². The molecule has 0 radical (unpaired) electrons. The van der Waals surface area contributed by atoms with Crippen LogP contribution in [0.4, 0.5) is 0 Å². The average molecular weight is 288 g/mol. The standard InChI is InChI=1S/C12H18BrNO2/c1-9(5-6-15)14-8-10-7-11(13)3-4-12(10)16-2/h3-4,7,9,14-15H,5-6,8H2,1-2H3. The van der Waals surface area contributed by atoms with Gasteiger partial charge in [0.15, 0.2) is 0 Å². The summed E-state index contributed by atoms with van der Waals surface area (Å²) in [6.45, 7) is 3.01. The Balaban J connectivity index is 2.61. The second-order valence-corrected chi connectivity index (χ2v) is 4.67. The fourth-order valence-electron chi connectivity index (χ4n) is 1.47. The van der Waals surface area contributed by atoms with Gasteiger partial charge in [0.2, 0.25) is 0 Å². The summed E-state index contributed by atoms with van der Waals surface area (Å²) >= 11 is 3.44. The van der Waals surface area contributed by atoms with Crippen molar-refractivity contribution >= 4 is 15.9 Å². The monoisotopic (exact) mass is 287 g/mol. The largest absolute Gasteiger partial charge is 0.496 e. The van der Waals surface area contributed by atoms with Crippen molar-refractivity contribution in [1.82, 2.24) is 5.32 Å². The molecule has 1 aromatic carbocycles. The molecular formula is C12H18BrNO2. The number of hydrogen-bond donors (Lipinski definition) is 2. The van der Waals surface area contributed by atoms with Gasteiger partial charge in [0.25, 0.3) is 0 Å². The molecule has 90 valence electrons. The maximum atomic E-state index is 8.81. The minimum absolute atomic E-state index is 0.212. The molecule has 0 heterocycles. The molecule has 4 heteroatoms. The lowest BCUT2D eigenvalue weighted by Crippen LogP contribution is -2.26. The van der Waals surface area contributed by atoms with E-state index < -0.39 is 0 Å². The van der Waals surface area contributed by atoms with Gasteiger partial charge in [-0.25, -0.2) is 0 Å². The smallest absolute Gasteiger partial charge is 0.123 e. The highest BCUT2D eigenvalue weighted by Crippen LogP contribution is 2.22.